The van der Waals surface area contributed by atoms with Crippen LogP contribution in [0.25, 0.3) is 5.69 Å². The van der Waals surface area contributed by atoms with Crippen molar-refractivity contribution in [2.24, 2.45) is 5.92 Å². The van der Waals surface area contributed by atoms with Crippen LogP contribution in [0, 0.1) is 5.92 Å². The molecule has 0 unspecified atom stereocenters. The Hall–Kier alpha value is -2.10. The van der Waals surface area contributed by atoms with E-state index in [1.807, 2.05) is 9.58 Å². The maximum Gasteiger partial charge on any atom is 0.274 e. The molecule has 0 aliphatic heterocycles. The maximum atomic E-state index is 13.1. The van der Waals surface area contributed by atoms with Crippen molar-refractivity contribution < 1.29 is 4.79 Å². The van der Waals surface area contributed by atoms with Crippen molar-refractivity contribution in [3.63, 3.8) is 0 Å². The summed E-state index contributed by atoms with van der Waals surface area (Å²) in [6.45, 7) is 5.89. The zero-order valence-corrected chi connectivity index (χ0v) is 15.3. The van der Waals surface area contributed by atoms with Gasteiger partial charge in [0, 0.05) is 24.3 Å². The van der Waals surface area contributed by atoms with Gasteiger partial charge >= 0.3 is 0 Å². The molecule has 1 heterocycles. The molecule has 4 heteroatoms. The highest BCUT2D eigenvalue weighted by atomic mass is 16.2. The van der Waals surface area contributed by atoms with E-state index in [1.165, 1.54) is 29.7 Å². The zero-order valence-electron chi connectivity index (χ0n) is 15.3. The first-order chi connectivity index (χ1) is 12.2. The third-order valence-corrected chi connectivity index (χ3v) is 5.57. The van der Waals surface area contributed by atoms with Gasteiger partial charge in [-0.3, -0.25) is 4.79 Å². The zero-order chi connectivity index (χ0) is 17.4. The number of amides is 1. The first-order valence-corrected chi connectivity index (χ1v) is 9.70. The fraction of sp³-hybridized carbons (Fsp3) is 0.524. The highest BCUT2D eigenvalue weighted by Gasteiger charge is 2.32. The molecular weight excluding hydrogens is 310 g/mol. The summed E-state index contributed by atoms with van der Waals surface area (Å²) >= 11 is 0. The van der Waals surface area contributed by atoms with Gasteiger partial charge in [-0.25, -0.2) is 4.68 Å². The number of aromatic nitrogens is 2. The summed E-state index contributed by atoms with van der Waals surface area (Å²) in [5.74, 6) is 0.831. The summed E-state index contributed by atoms with van der Waals surface area (Å²) in [4.78, 5) is 15.1. The molecule has 132 valence electrons. The minimum absolute atomic E-state index is 0.122. The number of rotatable bonds is 6. The van der Waals surface area contributed by atoms with Crippen LogP contribution >= 0.6 is 0 Å². The molecule has 1 fully saturated rings. The van der Waals surface area contributed by atoms with Gasteiger partial charge in [-0.15, -0.1) is 0 Å². The molecule has 2 aromatic rings. The van der Waals surface area contributed by atoms with Crippen molar-refractivity contribution >= 4 is 5.91 Å². The summed E-state index contributed by atoms with van der Waals surface area (Å²) in [7, 11) is 0. The van der Waals surface area contributed by atoms with Crippen LogP contribution in [0.2, 0.25) is 0 Å². The van der Waals surface area contributed by atoms with Crippen LogP contribution in [-0.2, 0) is 19.3 Å². The molecule has 1 aromatic heterocycles. The summed E-state index contributed by atoms with van der Waals surface area (Å²) in [6.07, 6.45) is 6.67. The van der Waals surface area contributed by atoms with Crippen molar-refractivity contribution in [1.29, 1.82) is 0 Å². The third kappa shape index (κ3) is 3.10. The molecule has 0 spiro atoms. The van der Waals surface area contributed by atoms with E-state index in [2.05, 4.69) is 38.1 Å². The van der Waals surface area contributed by atoms with E-state index in [0.29, 0.717) is 11.6 Å². The van der Waals surface area contributed by atoms with E-state index in [4.69, 9.17) is 5.10 Å². The van der Waals surface area contributed by atoms with Gasteiger partial charge in [-0.1, -0.05) is 19.1 Å². The lowest BCUT2D eigenvalue weighted by Gasteiger charge is -2.20. The monoisotopic (exact) mass is 337 g/mol. The summed E-state index contributed by atoms with van der Waals surface area (Å²) in [6, 6.07) is 8.57. The molecule has 4 rings (SSSR count). The van der Waals surface area contributed by atoms with Crippen molar-refractivity contribution in [3.8, 4) is 5.69 Å². The number of hydrogen-bond donors (Lipinski definition) is 0. The second-order valence-electron chi connectivity index (χ2n) is 7.35. The SMILES string of the molecule is CCc1ccc(-n2nc(C(=O)N(CC)CC3CC3)c3c2CCC3)cc1. The molecule has 2 aliphatic rings. The largest absolute Gasteiger partial charge is 0.337 e. The minimum atomic E-state index is 0.122. The number of nitrogens with zero attached hydrogens (tertiary/aromatic N) is 3. The van der Waals surface area contributed by atoms with Crippen LogP contribution in [0.1, 0.15) is 60.4 Å². The number of benzene rings is 1. The number of carbonyl (C=O) groups excluding carboxylic acids is 1. The van der Waals surface area contributed by atoms with Gasteiger partial charge in [-0.2, -0.15) is 5.10 Å². The Morgan fingerprint density at radius 1 is 1.20 bits per heavy atom. The van der Waals surface area contributed by atoms with Crippen LogP contribution in [-0.4, -0.2) is 33.7 Å². The lowest BCUT2D eigenvalue weighted by atomic mass is 10.1. The molecular formula is C21H27N3O. The topological polar surface area (TPSA) is 38.1 Å². The first kappa shape index (κ1) is 16.4. The molecule has 1 aromatic carbocycles. The van der Waals surface area contributed by atoms with E-state index in [9.17, 15) is 4.79 Å². The minimum Gasteiger partial charge on any atom is -0.337 e. The van der Waals surface area contributed by atoms with E-state index in [-0.39, 0.29) is 5.91 Å². The van der Waals surface area contributed by atoms with Gasteiger partial charge in [0.05, 0.1) is 5.69 Å². The summed E-state index contributed by atoms with van der Waals surface area (Å²) in [5.41, 5.74) is 5.49. The van der Waals surface area contributed by atoms with Crippen molar-refractivity contribution in [2.45, 2.75) is 52.4 Å². The number of carbonyl (C=O) groups is 1. The van der Waals surface area contributed by atoms with Crippen LogP contribution in [0.4, 0.5) is 0 Å². The number of hydrogen-bond acceptors (Lipinski definition) is 2. The van der Waals surface area contributed by atoms with E-state index in [0.717, 1.165) is 44.5 Å². The molecule has 1 amide bonds. The second-order valence-corrected chi connectivity index (χ2v) is 7.35. The lowest BCUT2D eigenvalue weighted by molar-refractivity contribution is 0.0749. The Kier molecular flexibility index (Phi) is 4.36. The predicted molar refractivity (Wildman–Crippen MR) is 99.3 cm³/mol. The quantitative estimate of drug-likeness (QED) is 0.804. The van der Waals surface area contributed by atoms with Crippen LogP contribution in [0.15, 0.2) is 24.3 Å². The molecule has 0 saturated heterocycles. The fourth-order valence-electron chi connectivity index (χ4n) is 3.81. The third-order valence-electron chi connectivity index (χ3n) is 5.57. The van der Waals surface area contributed by atoms with E-state index < -0.39 is 0 Å². The van der Waals surface area contributed by atoms with Gasteiger partial charge in [-0.05, 0) is 69.1 Å². The summed E-state index contributed by atoms with van der Waals surface area (Å²) in [5, 5.41) is 4.78. The Morgan fingerprint density at radius 3 is 2.60 bits per heavy atom. The van der Waals surface area contributed by atoms with Gasteiger partial charge in [0.15, 0.2) is 5.69 Å². The average Bonchev–Trinajstić information content (AvgIpc) is 3.21. The van der Waals surface area contributed by atoms with Gasteiger partial charge < -0.3 is 4.90 Å². The van der Waals surface area contributed by atoms with Crippen LogP contribution in [0.5, 0.6) is 0 Å². The van der Waals surface area contributed by atoms with Gasteiger partial charge in [0.25, 0.3) is 5.91 Å². The molecule has 0 bridgehead atoms. The van der Waals surface area contributed by atoms with Crippen molar-refractivity contribution in [1.82, 2.24) is 14.7 Å². The Morgan fingerprint density at radius 2 is 1.96 bits per heavy atom. The lowest BCUT2D eigenvalue weighted by Crippen LogP contribution is -2.33. The predicted octanol–water partition coefficient (Wildman–Crippen LogP) is 3.80. The smallest absolute Gasteiger partial charge is 0.274 e. The molecule has 2 aliphatic carbocycles. The molecule has 1 saturated carbocycles. The Balaban J connectivity index is 1.68. The molecule has 0 N–H and O–H groups in total. The van der Waals surface area contributed by atoms with Crippen molar-refractivity contribution in [2.75, 3.05) is 13.1 Å². The average molecular weight is 337 g/mol. The highest BCUT2D eigenvalue weighted by molar-refractivity contribution is 5.94. The molecule has 25 heavy (non-hydrogen) atoms. The van der Waals surface area contributed by atoms with E-state index in [1.54, 1.807) is 0 Å². The van der Waals surface area contributed by atoms with Crippen LogP contribution < -0.4 is 0 Å². The number of aryl methyl sites for hydroxylation is 1. The Bertz CT molecular complexity index is 771. The van der Waals surface area contributed by atoms with Crippen LogP contribution in [0.3, 0.4) is 0 Å². The highest BCUT2D eigenvalue weighted by Crippen LogP contribution is 2.32. The van der Waals surface area contributed by atoms with Gasteiger partial charge in [0.1, 0.15) is 0 Å². The van der Waals surface area contributed by atoms with Gasteiger partial charge in [0.2, 0.25) is 0 Å². The summed E-state index contributed by atoms with van der Waals surface area (Å²) < 4.78 is 2.01. The fourth-order valence-corrected chi connectivity index (χ4v) is 3.81. The Labute approximate surface area is 149 Å². The first-order valence-electron chi connectivity index (χ1n) is 9.70. The maximum absolute atomic E-state index is 13.1. The standard InChI is InChI=1S/C21H27N3O/c1-3-15-10-12-17(13-11-15)24-19-7-5-6-18(19)20(22-24)21(25)23(4-2)14-16-8-9-16/h10-13,16H,3-9,14H2,1-2H3. The second kappa shape index (κ2) is 6.66. The molecule has 4 nitrogen and oxygen atoms in total. The molecule has 0 radical (unpaired) electrons. The normalized spacial score (nSPS) is 16.1. The van der Waals surface area contributed by atoms with E-state index >= 15 is 0 Å². The van der Waals surface area contributed by atoms with Crippen molar-refractivity contribution in [3.05, 3.63) is 46.8 Å². The molecule has 0 atom stereocenters. The number of fused-ring (bicyclic) bond motifs is 1.